The minimum Gasteiger partial charge on any atom is -0.490 e. The van der Waals surface area contributed by atoms with E-state index < -0.39 is 29.4 Å². The van der Waals surface area contributed by atoms with E-state index in [4.69, 9.17) is 14.2 Å². The Morgan fingerprint density at radius 3 is 2.44 bits per heavy atom. The number of carbonyl (C=O) groups excluding carboxylic acids is 4. The lowest BCUT2D eigenvalue weighted by Gasteiger charge is -2.29. The molecule has 0 saturated carbocycles. The van der Waals surface area contributed by atoms with Crippen molar-refractivity contribution in [3.63, 3.8) is 0 Å². The average Bonchev–Trinajstić information content (AvgIpc) is 2.98. The predicted octanol–water partition coefficient (Wildman–Crippen LogP) is 5.94. The summed E-state index contributed by atoms with van der Waals surface area (Å²) in [6, 6.07) is -0.795. The predicted molar refractivity (Wildman–Crippen MR) is 177 cm³/mol. The van der Waals surface area contributed by atoms with Crippen LogP contribution in [0, 0.1) is 11.3 Å². The molecule has 0 radical (unpaired) electrons. The Balaban J connectivity index is 2.69. The van der Waals surface area contributed by atoms with Crippen LogP contribution in [0.1, 0.15) is 80.6 Å². The Hall–Kier alpha value is -4.08. The van der Waals surface area contributed by atoms with Gasteiger partial charge in [0.2, 0.25) is 11.8 Å². The molecule has 0 aromatic heterocycles. The smallest absolute Gasteiger partial charge is 0.407 e. The molecule has 1 aliphatic heterocycles. The van der Waals surface area contributed by atoms with Gasteiger partial charge >= 0.3 is 12.1 Å². The van der Waals surface area contributed by atoms with E-state index in [9.17, 15) is 19.2 Å². The summed E-state index contributed by atoms with van der Waals surface area (Å²) in [5, 5.41) is 8.28. The van der Waals surface area contributed by atoms with Crippen LogP contribution in [0.5, 0.6) is 0 Å². The summed E-state index contributed by atoms with van der Waals surface area (Å²) in [5.74, 6) is -1.01. The van der Waals surface area contributed by atoms with Gasteiger partial charge in [0.05, 0.1) is 7.11 Å². The molecule has 0 unspecified atom stereocenters. The minimum absolute atomic E-state index is 0.0118. The van der Waals surface area contributed by atoms with Crippen molar-refractivity contribution in [1.82, 2.24) is 16.0 Å². The van der Waals surface area contributed by atoms with E-state index >= 15 is 0 Å². The van der Waals surface area contributed by atoms with Gasteiger partial charge in [-0.1, -0.05) is 89.1 Å². The number of alkyl carbamates (subject to hydrolysis) is 1. The van der Waals surface area contributed by atoms with Crippen LogP contribution in [-0.4, -0.2) is 55.8 Å². The zero-order valence-electron chi connectivity index (χ0n) is 28.2. The van der Waals surface area contributed by atoms with Gasteiger partial charge in [-0.3, -0.25) is 9.59 Å². The zero-order valence-corrected chi connectivity index (χ0v) is 28.2. The standard InChI is InChI=1S/C35H53N3O7/c1-9-11-17-27(44-34(42)37-22-12-10-2)18-15-23-36-32(40)31(35(5,6)7)38-30(39)19-14-13-16-25(3)24-26(4)28-20-21-29(43-8)33(41)45-28/h9,11,13-16,19,21,23-24,26-28,31H,10,12,17-18,20,22H2,1-8H3,(H,36,40)(H,37,42)(H,38,39)/b11-9-,16-13-,19-14-,23-15-,25-24+/t26-,27-,28-,31+/m0/s1. The monoisotopic (exact) mass is 627 g/mol. The summed E-state index contributed by atoms with van der Waals surface area (Å²) < 4.78 is 16.0. The van der Waals surface area contributed by atoms with Gasteiger partial charge in [-0.25, -0.2) is 9.59 Å². The Bertz CT molecular complexity index is 1160. The number of cyclic esters (lactones) is 1. The molecular weight excluding hydrogens is 574 g/mol. The van der Waals surface area contributed by atoms with E-state index in [0.717, 1.165) is 18.4 Å². The van der Waals surface area contributed by atoms with E-state index in [1.807, 2.05) is 72.8 Å². The third-order valence-electron chi connectivity index (χ3n) is 6.91. The highest BCUT2D eigenvalue weighted by Crippen LogP contribution is 2.23. The molecule has 1 rings (SSSR count). The van der Waals surface area contributed by atoms with Crippen LogP contribution in [0.25, 0.3) is 0 Å². The molecule has 3 amide bonds. The highest BCUT2D eigenvalue weighted by Gasteiger charge is 2.32. The van der Waals surface area contributed by atoms with Gasteiger partial charge in [-0.15, -0.1) is 0 Å². The molecule has 10 heteroatoms. The largest absolute Gasteiger partial charge is 0.490 e. The minimum atomic E-state index is -0.795. The number of allylic oxidation sites excluding steroid dienone is 5. The van der Waals surface area contributed by atoms with Gasteiger partial charge in [0.15, 0.2) is 5.76 Å². The fourth-order valence-electron chi connectivity index (χ4n) is 4.32. The van der Waals surface area contributed by atoms with Crippen molar-refractivity contribution in [3.8, 4) is 0 Å². The van der Waals surface area contributed by atoms with Gasteiger partial charge in [-0.2, -0.15) is 0 Å². The molecule has 0 bridgehead atoms. The molecule has 0 aromatic carbocycles. The van der Waals surface area contributed by atoms with Gasteiger partial charge in [-0.05, 0) is 38.0 Å². The maximum Gasteiger partial charge on any atom is 0.407 e. The van der Waals surface area contributed by atoms with Gasteiger partial charge in [0.25, 0.3) is 0 Å². The zero-order chi connectivity index (χ0) is 33.8. The van der Waals surface area contributed by atoms with Crippen molar-refractivity contribution < 1.29 is 33.4 Å². The fraction of sp³-hybridized carbons (Fsp3) is 0.543. The van der Waals surface area contributed by atoms with Crippen molar-refractivity contribution >= 4 is 23.9 Å². The molecule has 0 spiro atoms. The normalized spacial score (nSPS) is 18.0. The average molecular weight is 628 g/mol. The highest BCUT2D eigenvalue weighted by molar-refractivity contribution is 5.93. The molecule has 10 nitrogen and oxygen atoms in total. The number of ether oxygens (including phenoxy) is 3. The Kier molecular flexibility index (Phi) is 18.0. The number of hydrogen-bond acceptors (Lipinski definition) is 7. The summed E-state index contributed by atoms with van der Waals surface area (Å²) in [5.41, 5.74) is 0.391. The molecule has 0 fully saturated rings. The summed E-state index contributed by atoms with van der Waals surface area (Å²) in [4.78, 5) is 49.7. The lowest BCUT2D eigenvalue weighted by atomic mass is 9.86. The Morgan fingerprint density at radius 1 is 1.13 bits per heavy atom. The SMILES string of the molecule is C/C=C\C[C@@H](C/C=C\NC(=O)[C@@H](NC(=O)\C=C/C=C\C(C)=C\[C@H](C)[C@@H]1CC=C(OC)C(=O)O1)C(C)(C)C)OC(=O)NCCCC. The number of rotatable bonds is 17. The van der Waals surface area contributed by atoms with Crippen molar-refractivity contribution in [2.75, 3.05) is 13.7 Å². The molecule has 0 saturated heterocycles. The first-order chi connectivity index (χ1) is 21.3. The molecule has 0 aromatic rings. The van der Waals surface area contributed by atoms with E-state index in [0.29, 0.717) is 25.8 Å². The second-order valence-corrected chi connectivity index (χ2v) is 12.0. The topological polar surface area (TPSA) is 132 Å². The highest BCUT2D eigenvalue weighted by atomic mass is 16.6. The number of carbonyl (C=O) groups is 4. The van der Waals surface area contributed by atoms with Crippen LogP contribution < -0.4 is 16.0 Å². The van der Waals surface area contributed by atoms with Crippen molar-refractivity contribution in [1.29, 1.82) is 0 Å². The van der Waals surface area contributed by atoms with Crippen molar-refractivity contribution in [3.05, 3.63) is 72.2 Å². The number of amides is 3. The number of esters is 1. The summed E-state index contributed by atoms with van der Waals surface area (Å²) >= 11 is 0. The van der Waals surface area contributed by atoms with Crippen LogP contribution >= 0.6 is 0 Å². The molecular formula is C35H53N3O7. The third-order valence-corrected chi connectivity index (χ3v) is 6.91. The first-order valence-corrected chi connectivity index (χ1v) is 15.6. The first-order valence-electron chi connectivity index (χ1n) is 15.6. The summed E-state index contributed by atoms with van der Waals surface area (Å²) in [7, 11) is 1.44. The lowest BCUT2D eigenvalue weighted by molar-refractivity contribution is -0.151. The lowest BCUT2D eigenvalue weighted by Crippen LogP contribution is -2.52. The number of methoxy groups -OCH3 is 1. The van der Waals surface area contributed by atoms with Crippen LogP contribution in [0.15, 0.2) is 72.2 Å². The first kappa shape index (κ1) is 38.9. The molecule has 1 aliphatic rings. The molecule has 4 atom stereocenters. The van der Waals surface area contributed by atoms with Crippen LogP contribution in [0.4, 0.5) is 4.79 Å². The van der Waals surface area contributed by atoms with Gasteiger partial charge < -0.3 is 30.2 Å². The molecule has 250 valence electrons. The molecule has 0 aliphatic carbocycles. The number of hydrogen-bond donors (Lipinski definition) is 3. The Labute approximate surface area is 269 Å². The second kappa shape index (κ2) is 20.8. The maximum absolute atomic E-state index is 13.0. The van der Waals surface area contributed by atoms with Crippen LogP contribution in [-0.2, 0) is 28.6 Å². The van der Waals surface area contributed by atoms with Crippen molar-refractivity contribution in [2.24, 2.45) is 11.3 Å². The van der Waals surface area contributed by atoms with Crippen LogP contribution in [0.3, 0.4) is 0 Å². The quantitative estimate of drug-likeness (QED) is 0.0598. The van der Waals surface area contributed by atoms with Crippen molar-refractivity contribution in [2.45, 2.75) is 98.8 Å². The summed E-state index contributed by atoms with van der Waals surface area (Å²) in [6.45, 7) is 14.0. The van der Waals surface area contributed by atoms with E-state index in [1.165, 1.54) is 19.4 Å². The fourth-order valence-corrected chi connectivity index (χ4v) is 4.32. The summed E-state index contributed by atoms with van der Waals surface area (Å²) in [6.07, 6.45) is 19.7. The second-order valence-electron chi connectivity index (χ2n) is 12.0. The molecule has 3 N–H and O–H groups in total. The molecule has 1 heterocycles. The van der Waals surface area contributed by atoms with Gasteiger partial charge in [0.1, 0.15) is 18.2 Å². The van der Waals surface area contributed by atoms with E-state index in [1.54, 1.807) is 24.3 Å². The molecule has 45 heavy (non-hydrogen) atoms. The third kappa shape index (κ3) is 16.0. The number of nitrogens with one attached hydrogen (secondary N) is 3. The van der Waals surface area contributed by atoms with E-state index in [-0.39, 0.29) is 29.8 Å². The number of unbranched alkanes of at least 4 members (excludes halogenated alkanes) is 1. The van der Waals surface area contributed by atoms with E-state index in [2.05, 4.69) is 16.0 Å². The Morgan fingerprint density at radius 2 is 1.82 bits per heavy atom. The van der Waals surface area contributed by atoms with Gasteiger partial charge in [0, 0.05) is 37.8 Å². The maximum atomic E-state index is 13.0. The van der Waals surface area contributed by atoms with Crippen LogP contribution in [0.2, 0.25) is 0 Å².